The average molecular weight is 271 g/mol. The molecule has 0 bridgehead atoms. The summed E-state index contributed by atoms with van der Waals surface area (Å²) < 4.78 is 0. The average Bonchev–Trinajstić information content (AvgIpc) is 2.90. The summed E-state index contributed by atoms with van der Waals surface area (Å²) in [5.41, 5.74) is 5.06. The predicted molar refractivity (Wildman–Crippen MR) is 79.3 cm³/mol. The number of benzene rings is 1. The quantitative estimate of drug-likeness (QED) is 0.886. The van der Waals surface area contributed by atoms with Gasteiger partial charge in [-0.05, 0) is 18.4 Å². The van der Waals surface area contributed by atoms with Crippen molar-refractivity contribution in [2.75, 3.05) is 0 Å². The van der Waals surface area contributed by atoms with Crippen LogP contribution in [0, 0.1) is 0 Å². The molecule has 0 unspecified atom stereocenters. The van der Waals surface area contributed by atoms with Gasteiger partial charge in [0.05, 0.1) is 5.54 Å². The molecule has 4 heteroatoms. The van der Waals surface area contributed by atoms with Crippen LogP contribution in [0.1, 0.15) is 44.1 Å². The summed E-state index contributed by atoms with van der Waals surface area (Å²) >= 11 is 0. The van der Waals surface area contributed by atoms with Crippen molar-refractivity contribution in [3.05, 3.63) is 35.9 Å². The molecular formula is C16H21N3O. The maximum absolute atomic E-state index is 12.2. The zero-order valence-electron chi connectivity index (χ0n) is 11.7. The highest BCUT2D eigenvalue weighted by Gasteiger charge is 2.38. The van der Waals surface area contributed by atoms with Crippen molar-refractivity contribution in [2.45, 2.75) is 50.6 Å². The van der Waals surface area contributed by atoms with Gasteiger partial charge in [0.1, 0.15) is 5.71 Å². The molecule has 0 saturated heterocycles. The lowest BCUT2D eigenvalue weighted by Gasteiger charge is -2.32. The topological polar surface area (TPSA) is 53.5 Å². The van der Waals surface area contributed by atoms with Gasteiger partial charge in [0.15, 0.2) is 0 Å². The number of rotatable bonds is 3. The van der Waals surface area contributed by atoms with Crippen LogP contribution in [0.2, 0.25) is 0 Å². The second kappa shape index (κ2) is 5.65. The van der Waals surface area contributed by atoms with Crippen molar-refractivity contribution in [1.29, 1.82) is 0 Å². The van der Waals surface area contributed by atoms with Gasteiger partial charge >= 0.3 is 0 Å². The van der Waals surface area contributed by atoms with Crippen molar-refractivity contribution < 1.29 is 4.79 Å². The molecule has 0 radical (unpaired) electrons. The summed E-state index contributed by atoms with van der Waals surface area (Å²) in [6.07, 6.45) is 6.81. The minimum atomic E-state index is -0.0381. The second-order valence-electron chi connectivity index (χ2n) is 5.86. The van der Waals surface area contributed by atoms with Gasteiger partial charge in [-0.2, -0.15) is 5.10 Å². The van der Waals surface area contributed by atoms with Crippen LogP contribution in [-0.2, 0) is 11.3 Å². The first-order chi connectivity index (χ1) is 9.77. The SMILES string of the molecule is O=C(NCc1ccccc1)C1=NNC2(CCCCC2)C1. The first-order valence-corrected chi connectivity index (χ1v) is 7.43. The summed E-state index contributed by atoms with van der Waals surface area (Å²) in [5.74, 6) is -0.0381. The Hall–Kier alpha value is -1.84. The van der Waals surface area contributed by atoms with Gasteiger partial charge in [-0.3, -0.25) is 4.79 Å². The van der Waals surface area contributed by atoms with Gasteiger partial charge in [-0.15, -0.1) is 0 Å². The molecule has 1 fully saturated rings. The maximum Gasteiger partial charge on any atom is 0.267 e. The summed E-state index contributed by atoms with van der Waals surface area (Å²) in [6, 6.07) is 9.96. The molecule has 2 N–H and O–H groups in total. The van der Waals surface area contributed by atoms with Gasteiger partial charge < -0.3 is 10.7 Å². The summed E-state index contributed by atoms with van der Waals surface area (Å²) in [6.45, 7) is 0.561. The lowest BCUT2D eigenvalue weighted by molar-refractivity contribution is -0.115. The minimum Gasteiger partial charge on any atom is -0.347 e. The molecule has 2 aliphatic rings. The molecule has 1 aliphatic heterocycles. The molecular weight excluding hydrogens is 250 g/mol. The van der Waals surface area contributed by atoms with E-state index in [-0.39, 0.29) is 11.4 Å². The third kappa shape index (κ3) is 2.84. The van der Waals surface area contributed by atoms with Crippen LogP contribution in [0.15, 0.2) is 35.4 Å². The van der Waals surface area contributed by atoms with E-state index in [9.17, 15) is 4.79 Å². The lowest BCUT2D eigenvalue weighted by atomic mass is 9.79. The van der Waals surface area contributed by atoms with Crippen LogP contribution < -0.4 is 10.7 Å². The Morgan fingerprint density at radius 3 is 2.70 bits per heavy atom. The van der Waals surface area contributed by atoms with E-state index in [0.717, 1.165) is 24.8 Å². The standard InChI is InChI=1S/C16H21N3O/c20-15(17-12-13-7-3-1-4-8-13)14-11-16(19-18-14)9-5-2-6-10-16/h1,3-4,7-8,19H,2,5-6,9-12H2,(H,17,20). The van der Waals surface area contributed by atoms with E-state index in [1.807, 2.05) is 30.3 Å². The third-order valence-corrected chi connectivity index (χ3v) is 4.30. The highest BCUT2D eigenvalue weighted by atomic mass is 16.2. The maximum atomic E-state index is 12.2. The minimum absolute atomic E-state index is 0.0381. The monoisotopic (exact) mass is 271 g/mol. The zero-order valence-corrected chi connectivity index (χ0v) is 11.7. The second-order valence-corrected chi connectivity index (χ2v) is 5.86. The van der Waals surface area contributed by atoms with E-state index in [1.54, 1.807) is 0 Å². The Kier molecular flexibility index (Phi) is 3.72. The molecule has 0 atom stereocenters. The summed E-state index contributed by atoms with van der Waals surface area (Å²) in [4.78, 5) is 12.2. The number of nitrogens with zero attached hydrogens (tertiary/aromatic N) is 1. The number of nitrogens with one attached hydrogen (secondary N) is 2. The van der Waals surface area contributed by atoms with E-state index in [2.05, 4.69) is 15.8 Å². The van der Waals surface area contributed by atoms with E-state index in [0.29, 0.717) is 12.3 Å². The van der Waals surface area contributed by atoms with Gasteiger partial charge in [0, 0.05) is 13.0 Å². The van der Waals surface area contributed by atoms with Crippen LogP contribution in [0.5, 0.6) is 0 Å². The fraction of sp³-hybridized carbons (Fsp3) is 0.500. The van der Waals surface area contributed by atoms with E-state index < -0.39 is 0 Å². The molecule has 0 aromatic heterocycles. The molecule has 1 saturated carbocycles. The molecule has 20 heavy (non-hydrogen) atoms. The molecule has 1 aliphatic carbocycles. The fourth-order valence-corrected chi connectivity index (χ4v) is 3.11. The molecule has 1 aromatic carbocycles. The van der Waals surface area contributed by atoms with Crippen molar-refractivity contribution in [2.24, 2.45) is 5.10 Å². The highest BCUT2D eigenvalue weighted by molar-refractivity contribution is 6.39. The Labute approximate surface area is 119 Å². The number of carbonyl (C=O) groups excluding carboxylic acids is 1. The van der Waals surface area contributed by atoms with Gasteiger partial charge in [0.2, 0.25) is 0 Å². The fourth-order valence-electron chi connectivity index (χ4n) is 3.11. The largest absolute Gasteiger partial charge is 0.347 e. The Balaban J connectivity index is 1.53. The van der Waals surface area contributed by atoms with Crippen molar-refractivity contribution in [3.63, 3.8) is 0 Å². The highest BCUT2D eigenvalue weighted by Crippen LogP contribution is 2.33. The van der Waals surface area contributed by atoms with Crippen LogP contribution in [0.3, 0.4) is 0 Å². The smallest absolute Gasteiger partial charge is 0.267 e. The van der Waals surface area contributed by atoms with Crippen molar-refractivity contribution in [1.82, 2.24) is 10.7 Å². The van der Waals surface area contributed by atoms with E-state index >= 15 is 0 Å². The van der Waals surface area contributed by atoms with E-state index in [4.69, 9.17) is 0 Å². The number of hydrazone groups is 1. The van der Waals surface area contributed by atoms with Crippen LogP contribution in [0.25, 0.3) is 0 Å². The molecule has 3 rings (SSSR count). The third-order valence-electron chi connectivity index (χ3n) is 4.30. The van der Waals surface area contributed by atoms with Crippen LogP contribution in [-0.4, -0.2) is 17.2 Å². The Morgan fingerprint density at radius 2 is 1.95 bits per heavy atom. The van der Waals surface area contributed by atoms with Gasteiger partial charge in [0.25, 0.3) is 5.91 Å². The first kappa shape index (κ1) is 13.2. The summed E-state index contributed by atoms with van der Waals surface area (Å²) in [7, 11) is 0. The van der Waals surface area contributed by atoms with Crippen LogP contribution >= 0.6 is 0 Å². The summed E-state index contributed by atoms with van der Waals surface area (Å²) in [5, 5.41) is 7.23. The van der Waals surface area contributed by atoms with E-state index in [1.165, 1.54) is 19.3 Å². The number of carbonyl (C=O) groups is 1. The van der Waals surface area contributed by atoms with Crippen molar-refractivity contribution in [3.8, 4) is 0 Å². The molecule has 1 spiro atoms. The normalized spacial score (nSPS) is 20.3. The Bertz CT molecular complexity index is 504. The van der Waals surface area contributed by atoms with Gasteiger partial charge in [-0.25, -0.2) is 0 Å². The Morgan fingerprint density at radius 1 is 1.20 bits per heavy atom. The zero-order chi connectivity index (χ0) is 13.8. The number of hydrogen-bond acceptors (Lipinski definition) is 3. The molecule has 4 nitrogen and oxygen atoms in total. The molecule has 1 heterocycles. The molecule has 106 valence electrons. The number of hydrogen-bond donors (Lipinski definition) is 2. The number of amides is 1. The first-order valence-electron chi connectivity index (χ1n) is 7.43. The van der Waals surface area contributed by atoms with Crippen molar-refractivity contribution >= 4 is 11.6 Å². The molecule has 1 amide bonds. The molecule has 1 aromatic rings. The van der Waals surface area contributed by atoms with Crippen LogP contribution in [0.4, 0.5) is 0 Å². The van der Waals surface area contributed by atoms with Gasteiger partial charge in [-0.1, -0.05) is 49.6 Å². The lowest BCUT2D eigenvalue weighted by Crippen LogP contribution is -2.41. The predicted octanol–water partition coefficient (Wildman–Crippen LogP) is 2.36.